The van der Waals surface area contributed by atoms with E-state index in [0.29, 0.717) is 6.04 Å². The number of nitrogens with zero attached hydrogens (tertiary/aromatic N) is 1. The first kappa shape index (κ1) is 10.8. The number of nitrogens with one attached hydrogen (secondary N) is 1. The summed E-state index contributed by atoms with van der Waals surface area (Å²) in [5, 5.41) is 3.36. The van der Waals surface area contributed by atoms with Crippen LogP contribution in [0.1, 0.15) is 25.7 Å². The first-order valence-electron chi connectivity index (χ1n) is 5.95. The van der Waals surface area contributed by atoms with Crippen molar-refractivity contribution in [2.45, 2.75) is 37.8 Å². The van der Waals surface area contributed by atoms with E-state index in [0.717, 1.165) is 32.5 Å². The van der Waals surface area contributed by atoms with Gasteiger partial charge in [0.15, 0.2) is 5.78 Å². The van der Waals surface area contributed by atoms with Gasteiger partial charge in [0.1, 0.15) is 0 Å². The lowest BCUT2D eigenvalue weighted by Gasteiger charge is -2.34. The number of likely N-dealkylation sites (tertiary alicyclic amines) is 1. The van der Waals surface area contributed by atoms with Crippen LogP contribution in [0, 0.1) is 0 Å². The van der Waals surface area contributed by atoms with Crippen LogP contribution in [0.4, 0.5) is 0 Å². The van der Waals surface area contributed by atoms with Crippen LogP contribution in [0.15, 0.2) is 12.7 Å². The zero-order valence-electron chi connectivity index (χ0n) is 9.24. The van der Waals surface area contributed by atoms with Gasteiger partial charge in [-0.2, -0.15) is 0 Å². The van der Waals surface area contributed by atoms with Crippen molar-refractivity contribution in [3.05, 3.63) is 12.7 Å². The van der Waals surface area contributed by atoms with E-state index >= 15 is 0 Å². The molecule has 3 heteroatoms. The van der Waals surface area contributed by atoms with Crippen molar-refractivity contribution in [3.63, 3.8) is 0 Å². The molecule has 0 aromatic rings. The predicted octanol–water partition coefficient (Wildman–Crippen LogP) is 0.958. The third kappa shape index (κ3) is 2.29. The summed E-state index contributed by atoms with van der Waals surface area (Å²) in [5.74, 6) is 0.214. The highest BCUT2D eigenvalue weighted by molar-refractivity contribution is 5.94. The lowest BCUT2D eigenvalue weighted by atomic mass is 10.0. The molecular formula is C12H20N2O. The number of ketones is 1. The molecule has 0 radical (unpaired) electrons. The maximum atomic E-state index is 11.7. The highest BCUT2D eigenvalue weighted by Gasteiger charge is 2.34. The maximum Gasteiger partial charge on any atom is 0.172 e. The van der Waals surface area contributed by atoms with Gasteiger partial charge in [-0.3, -0.25) is 9.69 Å². The molecule has 2 rings (SSSR count). The van der Waals surface area contributed by atoms with E-state index in [1.165, 1.54) is 18.9 Å². The van der Waals surface area contributed by atoms with Gasteiger partial charge in [0.2, 0.25) is 0 Å². The molecule has 0 bridgehead atoms. The maximum absolute atomic E-state index is 11.7. The highest BCUT2D eigenvalue weighted by Crippen LogP contribution is 2.24. The first-order chi connectivity index (χ1) is 7.33. The van der Waals surface area contributed by atoms with Crippen molar-refractivity contribution < 1.29 is 4.79 Å². The highest BCUT2D eigenvalue weighted by atomic mass is 16.1. The van der Waals surface area contributed by atoms with Gasteiger partial charge in [-0.1, -0.05) is 6.58 Å². The number of carbonyl (C=O) groups is 1. The average Bonchev–Trinajstić information content (AvgIpc) is 2.78. The number of carbonyl (C=O) groups excluding carboxylic acids is 1. The SMILES string of the molecule is C=CC(=O)C1CCCN1C1CCNCC1. The molecule has 0 spiro atoms. The molecule has 84 valence electrons. The second-order valence-electron chi connectivity index (χ2n) is 4.48. The van der Waals surface area contributed by atoms with Gasteiger partial charge in [0, 0.05) is 6.04 Å². The fraction of sp³-hybridized carbons (Fsp3) is 0.750. The molecule has 0 amide bonds. The van der Waals surface area contributed by atoms with Crippen LogP contribution in [-0.2, 0) is 4.79 Å². The van der Waals surface area contributed by atoms with Crippen molar-refractivity contribution >= 4 is 5.78 Å². The minimum atomic E-state index is 0.130. The molecule has 1 atom stereocenters. The zero-order chi connectivity index (χ0) is 10.7. The summed E-state index contributed by atoms with van der Waals surface area (Å²) in [4.78, 5) is 14.1. The van der Waals surface area contributed by atoms with Crippen molar-refractivity contribution in [2.75, 3.05) is 19.6 Å². The molecule has 15 heavy (non-hydrogen) atoms. The molecule has 0 aromatic carbocycles. The Kier molecular flexibility index (Phi) is 3.54. The Balaban J connectivity index is 1.99. The Hall–Kier alpha value is -0.670. The van der Waals surface area contributed by atoms with Gasteiger partial charge in [-0.25, -0.2) is 0 Å². The minimum absolute atomic E-state index is 0.130. The van der Waals surface area contributed by atoms with Gasteiger partial charge in [-0.05, 0) is 51.4 Å². The van der Waals surface area contributed by atoms with Crippen molar-refractivity contribution in [1.29, 1.82) is 0 Å². The lowest BCUT2D eigenvalue weighted by Crippen LogP contribution is -2.47. The first-order valence-corrected chi connectivity index (χ1v) is 5.95. The second kappa shape index (κ2) is 4.90. The molecule has 1 unspecified atom stereocenters. The molecule has 0 saturated carbocycles. The number of piperidine rings is 1. The summed E-state index contributed by atoms with van der Waals surface area (Å²) in [7, 11) is 0. The second-order valence-corrected chi connectivity index (χ2v) is 4.48. The van der Waals surface area contributed by atoms with E-state index in [2.05, 4.69) is 16.8 Å². The Morgan fingerprint density at radius 2 is 2.07 bits per heavy atom. The van der Waals surface area contributed by atoms with Crippen LogP contribution in [0.25, 0.3) is 0 Å². The minimum Gasteiger partial charge on any atom is -0.317 e. The van der Waals surface area contributed by atoms with E-state index in [4.69, 9.17) is 0 Å². The van der Waals surface area contributed by atoms with Crippen molar-refractivity contribution in [3.8, 4) is 0 Å². The van der Waals surface area contributed by atoms with Crippen LogP contribution in [0.2, 0.25) is 0 Å². The molecule has 2 fully saturated rings. The molecule has 0 aliphatic carbocycles. The average molecular weight is 208 g/mol. The van der Waals surface area contributed by atoms with Crippen LogP contribution >= 0.6 is 0 Å². The monoisotopic (exact) mass is 208 g/mol. The quantitative estimate of drug-likeness (QED) is 0.701. The summed E-state index contributed by atoms with van der Waals surface area (Å²) >= 11 is 0. The lowest BCUT2D eigenvalue weighted by molar-refractivity contribution is -0.119. The third-order valence-electron chi connectivity index (χ3n) is 3.60. The Morgan fingerprint density at radius 1 is 1.33 bits per heavy atom. The van der Waals surface area contributed by atoms with Crippen molar-refractivity contribution in [2.24, 2.45) is 0 Å². The number of rotatable bonds is 3. The molecule has 2 saturated heterocycles. The number of hydrogen-bond acceptors (Lipinski definition) is 3. The van der Waals surface area contributed by atoms with Crippen LogP contribution in [-0.4, -0.2) is 42.4 Å². The number of hydrogen-bond donors (Lipinski definition) is 1. The molecule has 2 heterocycles. The third-order valence-corrected chi connectivity index (χ3v) is 3.60. The molecule has 3 nitrogen and oxygen atoms in total. The van der Waals surface area contributed by atoms with E-state index in [9.17, 15) is 4.79 Å². The van der Waals surface area contributed by atoms with E-state index in [1.54, 1.807) is 0 Å². The fourth-order valence-electron chi connectivity index (χ4n) is 2.81. The normalized spacial score (nSPS) is 29.2. The predicted molar refractivity (Wildman–Crippen MR) is 60.8 cm³/mol. The summed E-state index contributed by atoms with van der Waals surface area (Å²) in [6.45, 7) is 6.88. The molecule has 2 aliphatic rings. The molecule has 2 aliphatic heterocycles. The summed E-state index contributed by atoms with van der Waals surface area (Å²) in [5.41, 5.74) is 0. The van der Waals surface area contributed by atoms with Gasteiger partial charge in [0.25, 0.3) is 0 Å². The Bertz CT molecular complexity index is 246. The molecule has 0 aromatic heterocycles. The zero-order valence-corrected chi connectivity index (χ0v) is 9.24. The van der Waals surface area contributed by atoms with E-state index in [-0.39, 0.29) is 11.8 Å². The standard InChI is InChI=1S/C12H20N2O/c1-2-12(15)11-4-3-9-14(11)10-5-7-13-8-6-10/h2,10-11,13H,1,3-9H2. The van der Waals surface area contributed by atoms with Gasteiger partial charge < -0.3 is 5.32 Å². The van der Waals surface area contributed by atoms with Gasteiger partial charge in [-0.15, -0.1) is 0 Å². The van der Waals surface area contributed by atoms with Crippen LogP contribution in [0.3, 0.4) is 0 Å². The topological polar surface area (TPSA) is 32.3 Å². The largest absolute Gasteiger partial charge is 0.317 e. The van der Waals surface area contributed by atoms with Gasteiger partial charge >= 0.3 is 0 Å². The summed E-state index contributed by atoms with van der Waals surface area (Å²) in [6.07, 6.45) is 6.04. The van der Waals surface area contributed by atoms with Gasteiger partial charge in [0.05, 0.1) is 6.04 Å². The molecular weight excluding hydrogens is 188 g/mol. The van der Waals surface area contributed by atoms with Crippen molar-refractivity contribution in [1.82, 2.24) is 10.2 Å². The fourth-order valence-corrected chi connectivity index (χ4v) is 2.81. The summed E-state index contributed by atoms with van der Waals surface area (Å²) in [6, 6.07) is 0.744. The van der Waals surface area contributed by atoms with E-state index in [1.807, 2.05) is 0 Å². The Labute approximate surface area is 91.5 Å². The smallest absolute Gasteiger partial charge is 0.172 e. The summed E-state index contributed by atoms with van der Waals surface area (Å²) < 4.78 is 0. The van der Waals surface area contributed by atoms with Crippen LogP contribution < -0.4 is 5.32 Å². The Morgan fingerprint density at radius 3 is 2.73 bits per heavy atom. The van der Waals surface area contributed by atoms with Crippen LogP contribution in [0.5, 0.6) is 0 Å². The molecule has 1 N–H and O–H groups in total. The van der Waals surface area contributed by atoms with E-state index < -0.39 is 0 Å².